The number of carbonyl (C=O) groups excluding carboxylic acids is 3. The highest BCUT2D eigenvalue weighted by Crippen LogP contribution is 2.28. The number of nitrogens with two attached hydrogens (primary N) is 1. The summed E-state index contributed by atoms with van der Waals surface area (Å²) in [5, 5.41) is 14.3. The molecule has 0 aliphatic heterocycles. The second-order valence-corrected chi connectivity index (χ2v) is 7.89. The molecule has 0 bridgehead atoms. The van der Waals surface area contributed by atoms with E-state index in [1.165, 1.54) is 4.90 Å². The van der Waals surface area contributed by atoms with Gasteiger partial charge < -0.3 is 26.4 Å². The van der Waals surface area contributed by atoms with E-state index in [0.29, 0.717) is 12.5 Å². The van der Waals surface area contributed by atoms with Crippen molar-refractivity contribution in [1.82, 2.24) is 15.5 Å². The molecular formula is C22H32N4O5. The first-order chi connectivity index (χ1) is 14.9. The van der Waals surface area contributed by atoms with Gasteiger partial charge in [-0.15, -0.1) is 0 Å². The lowest BCUT2D eigenvalue weighted by Crippen LogP contribution is -2.45. The fourth-order valence-corrected chi connectivity index (χ4v) is 3.70. The third kappa shape index (κ3) is 8.75. The van der Waals surface area contributed by atoms with Gasteiger partial charge in [0.25, 0.3) is 0 Å². The van der Waals surface area contributed by atoms with E-state index in [4.69, 9.17) is 10.8 Å². The lowest BCUT2D eigenvalue weighted by Gasteiger charge is -2.26. The van der Waals surface area contributed by atoms with Gasteiger partial charge in [-0.05, 0) is 43.7 Å². The van der Waals surface area contributed by atoms with E-state index in [1.54, 1.807) is 12.1 Å². The third-order valence-electron chi connectivity index (χ3n) is 5.55. The number of amides is 3. The van der Waals surface area contributed by atoms with E-state index >= 15 is 0 Å². The van der Waals surface area contributed by atoms with Gasteiger partial charge in [-0.25, -0.2) is 0 Å². The third-order valence-corrected chi connectivity index (χ3v) is 5.55. The summed E-state index contributed by atoms with van der Waals surface area (Å²) in [6.45, 7) is 0.227. The molecule has 2 rings (SSSR count). The molecule has 0 radical (unpaired) electrons. The molecule has 1 aromatic carbocycles. The highest BCUT2D eigenvalue weighted by Gasteiger charge is 2.25. The van der Waals surface area contributed by atoms with Gasteiger partial charge in [0.1, 0.15) is 6.54 Å². The maximum absolute atomic E-state index is 12.4. The highest BCUT2D eigenvalue weighted by molar-refractivity contribution is 5.86. The Balaban J connectivity index is 1.71. The number of rotatable bonds is 11. The second kappa shape index (κ2) is 12.7. The van der Waals surface area contributed by atoms with Crippen molar-refractivity contribution in [3.05, 3.63) is 35.9 Å². The number of nitrogens with one attached hydrogen (secondary N) is 2. The minimum atomic E-state index is -1.12. The molecule has 1 fully saturated rings. The van der Waals surface area contributed by atoms with Gasteiger partial charge in [0.15, 0.2) is 0 Å². The van der Waals surface area contributed by atoms with Crippen LogP contribution >= 0.6 is 0 Å². The Kier molecular flexibility index (Phi) is 9.96. The van der Waals surface area contributed by atoms with E-state index in [-0.39, 0.29) is 49.7 Å². The number of benzene rings is 1. The molecule has 0 unspecified atom stereocenters. The summed E-state index contributed by atoms with van der Waals surface area (Å²) in [4.78, 5) is 49.0. The van der Waals surface area contributed by atoms with Crippen LogP contribution in [0.2, 0.25) is 0 Å². The first-order valence-corrected chi connectivity index (χ1v) is 10.7. The molecular weight excluding hydrogens is 400 g/mol. The summed E-state index contributed by atoms with van der Waals surface area (Å²) in [6.07, 6.45) is 3.50. The molecule has 31 heavy (non-hydrogen) atoms. The summed E-state index contributed by atoms with van der Waals surface area (Å²) in [7, 11) is 0. The molecule has 0 atom stereocenters. The summed E-state index contributed by atoms with van der Waals surface area (Å²) >= 11 is 0. The quantitative estimate of drug-likeness (QED) is 0.392. The standard InChI is InChI=1S/C22H32N4O5/c23-13-17-6-8-18(9-7-17)22(31)25-14-19(27)24-10-11-26(15-21(29)30)20(28)12-16-4-2-1-3-5-16/h1-5,17-18H,6-15,23H2,(H,24,27)(H,25,31)(H,29,30). The first kappa shape index (κ1) is 24.3. The molecule has 9 heteroatoms. The Morgan fingerprint density at radius 2 is 1.71 bits per heavy atom. The Morgan fingerprint density at radius 1 is 1.03 bits per heavy atom. The number of carbonyl (C=O) groups is 4. The Bertz CT molecular complexity index is 748. The topological polar surface area (TPSA) is 142 Å². The minimum Gasteiger partial charge on any atom is -0.480 e. The normalized spacial score (nSPS) is 18.1. The minimum absolute atomic E-state index is 0.0702. The molecule has 9 nitrogen and oxygen atoms in total. The number of carboxylic acids is 1. The maximum atomic E-state index is 12.4. The zero-order chi connectivity index (χ0) is 22.6. The van der Waals surface area contributed by atoms with Crippen molar-refractivity contribution in [1.29, 1.82) is 0 Å². The zero-order valence-electron chi connectivity index (χ0n) is 17.7. The SMILES string of the molecule is NCC1CCC(C(=O)NCC(=O)NCCN(CC(=O)O)C(=O)Cc2ccccc2)CC1. The number of hydrogen-bond acceptors (Lipinski definition) is 5. The summed E-state index contributed by atoms with van der Waals surface area (Å²) in [5.74, 6) is -1.57. The molecule has 1 aliphatic carbocycles. The van der Waals surface area contributed by atoms with Gasteiger partial charge in [0, 0.05) is 19.0 Å². The van der Waals surface area contributed by atoms with Crippen LogP contribution in [0.5, 0.6) is 0 Å². The van der Waals surface area contributed by atoms with Gasteiger partial charge in [-0.3, -0.25) is 19.2 Å². The van der Waals surface area contributed by atoms with Crippen LogP contribution in [0.25, 0.3) is 0 Å². The van der Waals surface area contributed by atoms with E-state index < -0.39 is 12.5 Å². The average molecular weight is 433 g/mol. The summed E-state index contributed by atoms with van der Waals surface area (Å²) in [5.41, 5.74) is 6.45. The maximum Gasteiger partial charge on any atom is 0.323 e. The number of nitrogens with zero attached hydrogens (tertiary/aromatic N) is 1. The van der Waals surface area contributed by atoms with Crippen LogP contribution < -0.4 is 16.4 Å². The van der Waals surface area contributed by atoms with Crippen LogP contribution in [-0.2, 0) is 25.6 Å². The van der Waals surface area contributed by atoms with Crippen molar-refractivity contribution in [2.75, 3.05) is 32.7 Å². The first-order valence-electron chi connectivity index (χ1n) is 10.7. The Hall–Kier alpha value is -2.94. The van der Waals surface area contributed by atoms with E-state index in [9.17, 15) is 19.2 Å². The van der Waals surface area contributed by atoms with Gasteiger partial charge in [0.05, 0.1) is 13.0 Å². The monoisotopic (exact) mass is 432 g/mol. The Morgan fingerprint density at radius 3 is 2.32 bits per heavy atom. The van der Waals surface area contributed by atoms with Crippen molar-refractivity contribution < 1.29 is 24.3 Å². The second-order valence-electron chi connectivity index (χ2n) is 7.89. The van der Waals surface area contributed by atoms with Crippen LogP contribution in [0.3, 0.4) is 0 Å². The van der Waals surface area contributed by atoms with Crippen molar-refractivity contribution in [2.24, 2.45) is 17.6 Å². The fourth-order valence-electron chi connectivity index (χ4n) is 3.70. The highest BCUT2D eigenvalue weighted by atomic mass is 16.4. The molecule has 1 aromatic rings. The van der Waals surface area contributed by atoms with Crippen LogP contribution in [0.15, 0.2) is 30.3 Å². The van der Waals surface area contributed by atoms with E-state index in [1.807, 2.05) is 18.2 Å². The van der Waals surface area contributed by atoms with Crippen molar-refractivity contribution in [2.45, 2.75) is 32.1 Å². The van der Waals surface area contributed by atoms with Gasteiger partial charge in [0.2, 0.25) is 17.7 Å². The average Bonchev–Trinajstić information content (AvgIpc) is 2.77. The predicted octanol–water partition coefficient (Wildman–Crippen LogP) is 0.140. The predicted molar refractivity (Wildman–Crippen MR) is 115 cm³/mol. The molecule has 0 spiro atoms. The molecule has 3 amide bonds. The molecule has 0 aromatic heterocycles. The van der Waals surface area contributed by atoms with Crippen molar-refractivity contribution in [3.63, 3.8) is 0 Å². The number of carboxylic acid groups (broad SMARTS) is 1. The van der Waals surface area contributed by atoms with Crippen LogP contribution in [0, 0.1) is 11.8 Å². The molecule has 1 aliphatic rings. The van der Waals surface area contributed by atoms with Crippen LogP contribution in [0.1, 0.15) is 31.2 Å². The van der Waals surface area contributed by atoms with Crippen molar-refractivity contribution >= 4 is 23.7 Å². The van der Waals surface area contributed by atoms with Gasteiger partial charge in [-0.2, -0.15) is 0 Å². The van der Waals surface area contributed by atoms with E-state index in [2.05, 4.69) is 10.6 Å². The molecule has 170 valence electrons. The largest absolute Gasteiger partial charge is 0.480 e. The van der Waals surface area contributed by atoms with Crippen molar-refractivity contribution in [3.8, 4) is 0 Å². The lowest BCUT2D eigenvalue weighted by molar-refractivity contribution is -0.144. The lowest BCUT2D eigenvalue weighted by atomic mass is 9.81. The number of hydrogen-bond donors (Lipinski definition) is 4. The Labute approximate surface area is 182 Å². The number of aliphatic carboxylic acids is 1. The van der Waals surface area contributed by atoms with E-state index in [0.717, 1.165) is 31.2 Å². The molecule has 0 saturated heterocycles. The van der Waals surface area contributed by atoms with Crippen LogP contribution in [0.4, 0.5) is 0 Å². The fraction of sp³-hybridized carbons (Fsp3) is 0.545. The smallest absolute Gasteiger partial charge is 0.323 e. The van der Waals surface area contributed by atoms with Gasteiger partial charge in [-0.1, -0.05) is 30.3 Å². The van der Waals surface area contributed by atoms with Gasteiger partial charge >= 0.3 is 5.97 Å². The summed E-state index contributed by atoms with van der Waals surface area (Å²) in [6, 6.07) is 9.04. The zero-order valence-corrected chi connectivity index (χ0v) is 17.7. The molecule has 0 heterocycles. The summed E-state index contributed by atoms with van der Waals surface area (Å²) < 4.78 is 0. The molecule has 5 N–H and O–H groups in total. The molecule has 1 saturated carbocycles. The van der Waals surface area contributed by atoms with Crippen LogP contribution in [-0.4, -0.2) is 66.4 Å².